The quantitative estimate of drug-likeness (QED) is 0.692. The molecule has 1 N–H and O–H groups in total. The first kappa shape index (κ1) is 18.2. The second-order valence-corrected chi connectivity index (χ2v) is 6.91. The van der Waals surface area contributed by atoms with Crippen molar-refractivity contribution in [3.05, 3.63) is 93.8 Å². The van der Waals surface area contributed by atoms with E-state index in [4.69, 9.17) is 11.6 Å². The summed E-state index contributed by atoms with van der Waals surface area (Å²) in [4.78, 5) is 17.4. The minimum Gasteiger partial charge on any atom is -0.508 e. The number of aromatic nitrogens is 1. The Hall–Kier alpha value is -2.65. The lowest BCUT2D eigenvalue weighted by Gasteiger charge is -2.20. The monoisotopic (exact) mass is 365 g/mol. The number of nitrogens with zero attached hydrogens (tertiary/aromatic N) is 1. The summed E-state index contributed by atoms with van der Waals surface area (Å²) in [6.45, 7) is 3.87. The molecule has 0 amide bonds. The lowest BCUT2D eigenvalue weighted by molar-refractivity contribution is -0.119. The van der Waals surface area contributed by atoms with Gasteiger partial charge in [0.2, 0.25) is 0 Å². The van der Waals surface area contributed by atoms with Crippen molar-refractivity contribution in [2.24, 2.45) is 0 Å². The number of aromatic hydroxyl groups is 1. The van der Waals surface area contributed by atoms with Gasteiger partial charge in [-0.3, -0.25) is 9.78 Å². The average Bonchev–Trinajstić information content (AvgIpc) is 2.59. The van der Waals surface area contributed by atoms with Crippen LogP contribution in [0.15, 0.2) is 60.8 Å². The number of hydrogen-bond acceptors (Lipinski definition) is 3. The van der Waals surface area contributed by atoms with E-state index in [9.17, 15) is 9.90 Å². The molecule has 0 aliphatic heterocycles. The van der Waals surface area contributed by atoms with Gasteiger partial charge in [-0.05, 0) is 72.5 Å². The van der Waals surface area contributed by atoms with E-state index < -0.39 is 5.92 Å². The maximum Gasteiger partial charge on any atom is 0.149 e. The zero-order valence-electron chi connectivity index (χ0n) is 14.7. The molecular formula is C22H20ClNO2. The first-order valence-corrected chi connectivity index (χ1v) is 8.81. The Bertz CT molecular complexity index is 935. The van der Waals surface area contributed by atoms with Crippen LogP contribution >= 0.6 is 11.6 Å². The van der Waals surface area contributed by atoms with Crippen LogP contribution in [0.25, 0.3) is 0 Å². The third kappa shape index (κ3) is 4.12. The molecule has 1 unspecified atom stereocenters. The molecule has 132 valence electrons. The molecular weight excluding hydrogens is 346 g/mol. The number of phenolic OH excluding ortho intramolecular Hbond substituents is 1. The summed E-state index contributed by atoms with van der Waals surface area (Å²) >= 11 is 6.09. The Labute approximate surface area is 158 Å². The van der Waals surface area contributed by atoms with Crippen LogP contribution in [0.2, 0.25) is 5.02 Å². The van der Waals surface area contributed by atoms with Crippen molar-refractivity contribution >= 4 is 17.4 Å². The summed E-state index contributed by atoms with van der Waals surface area (Å²) in [6, 6.07) is 16.2. The first-order valence-electron chi connectivity index (χ1n) is 8.43. The Kier molecular flexibility index (Phi) is 5.38. The maximum atomic E-state index is 13.2. The highest BCUT2D eigenvalue weighted by Crippen LogP contribution is 2.31. The first-order chi connectivity index (χ1) is 12.4. The molecule has 1 aromatic heterocycles. The Morgan fingerprint density at radius 1 is 1.08 bits per heavy atom. The normalized spacial score (nSPS) is 12.0. The van der Waals surface area contributed by atoms with E-state index in [0.717, 1.165) is 27.9 Å². The van der Waals surface area contributed by atoms with Crippen molar-refractivity contribution in [2.45, 2.75) is 26.2 Å². The largest absolute Gasteiger partial charge is 0.508 e. The van der Waals surface area contributed by atoms with E-state index in [-0.39, 0.29) is 11.5 Å². The van der Waals surface area contributed by atoms with Gasteiger partial charge < -0.3 is 5.11 Å². The van der Waals surface area contributed by atoms with Crippen LogP contribution in [-0.4, -0.2) is 15.9 Å². The summed E-state index contributed by atoms with van der Waals surface area (Å²) in [5.41, 5.74) is 4.58. The number of pyridine rings is 1. The van der Waals surface area contributed by atoms with Gasteiger partial charge in [0.05, 0.1) is 5.92 Å². The van der Waals surface area contributed by atoms with E-state index in [1.807, 2.05) is 38.1 Å². The van der Waals surface area contributed by atoms with Crippen molar-refractivity contribution in [3.63, 3.8) is 0 Å². The summed E-state index contributed by atoms with van der Waals surface area (Å²) < 4.78 is 0. The molecule has 3 rings (SSSR count). The SMILES string of the molecule is Cc1cc(CC(=O)C(c2ccc(O)cc2)c2ccc(Cl)cc2C)ccn1. The van der Waals surface area contributed by atoms with Crippen LogP contribution < -0.4 is 0 Å². The number of Topliss-reactive ketones (excluding diaryl/α,β-unsaturated/α-hetero) is 1. The highest BCUT2D eigenvalue weighted by molar-refractivity contribution is 6.30. The van der Waals surface area contributed by atoms with Crippen molar-refractivity contribution < 1.29 is 9.90 Å². The average molecular weight is 366 g/mol. The Morgan fingerprint density at radius 3 is 2.46 bits per heavy atom. The van der Waals surface area contributed by atoms with Crippen molar-refractivity contribution in [1.29, 1.82) is 0 Å². The number of ketones is 1. The standard InChI is InChI=1S/C22H20ClNO2/c1-14-11-18(23)5-8-20(14)22(17-3-6-19(25)7-4-17)21(26)13-16-9-10-24-15(2)12-16/h3-12,22,25H,13H2,1-2H3. The number of carbonyl (C=O) groups excluding carboxylic acids is 1. The predicted octanol–water partition coefficient (Wildman–Crippen LogP) is 5.00. The lowest BCUT2D eigenvalue weighted by atomic mass is 9.83. The zero-order valence-corrected chi connectivity index (χ0v) is 15.5. The maximum absolute atomic E-state index is 13.2. The highest BCUT2D eigenvalue weighted by Gasteiger charge is 2.24. The van der Waals surface area contributed by atoms with Crippen LogP contribution in [0.5, 0.6) is 5.75 Å². The van der Waals surface area contributed by atoms with Gasteiger partial charge in [-0.2, -0.15) is 0 Å². The number of aryl methyl sites for hydroxylation is 2. The fourth-order valence-corrected chi connectivity index (χ4v) is 3.41. The second kappa shape index (κ2) is 7.71. The molecule has 0 radical (unpaired) electrons. The van der Waals surface area contributed by atoms with Gasteiger partial charge >= 0.3 is 0 Å². The number of rotatable bonds is 5. The predicted molar refractivity (Wildman–Crippen MR) is 104 cm³/mol. The molecule has 2 aromatic carbocycles. The van der Waals surface area contributed by atoms with Gasteiger partial charge in [0.15, 0.2) is 0 Å². The number of phenols is 1. The number of carbonyl (C=O) groups is 1. The second-order valence-electron chi connectivity index (χ2n) is 6.47. The topological polar surface area (TPSA) is 50.2 Å². The number of halogens is 1. The summed E-state index contributed by atoms with van der Waals surface area (Å²) in [6.07, 6.45) is 2.04. The van der Waals surface area contributed by atoms with E-state index in [1.54, 1.807) is 36.5 Å². The molecule has 0 bridgehead atoms. The smallest absolute Gasteiger partial charge is 0.149 e. The minimum atomic E-state index is -0.415. The third-order valence-corrected chi connectivity index (χ3v) is 4.67. The minimum absolute atomic E-state index is 0.0895. The zero-order chi connectivity index (χ0) is 18.7. The lowest BCUT2D eigenvalue weighted by Crippen LogP contribution is -2.17. The van der Waals surface area contributed by atoms with Gasteiger partial charge in [0, 0.05) is 23.3 Å². The van der Waals surface area contributed by atoms with E-state index in [1.165, 1.54) is 0 Å². The van der Waals surface area contributed by atoms with E-state index in [2.05, 4.69) is 4.98 Å². The molecule has 1 heterocycles. The Morgan fingerprint density at radius 2 is 1.81 bits per heavy atom. The summed E-state index contributed by atoms with van der Waals surface area (Å²) in [5, 5.41) is 10.2. The van der Waals surface area contributed by atoms with Gasteiger partial charge in [-0.25, -0.2) is 0 Å². The van der Waals surface area contributed by atoms with E-state index in [0.29, 0.717) is 11.4 Å². The molecule has 0 spiro atoms. The van der Waals surface area contributed by atoms with Crippen LogP contribution in [-0.2, 0) is 11.2 Å². The molecule has 3 nitrogen and oxygen atoms in total. The fourth-order valence-electron chi connectivity index (χ4n) is 3.19. The molecule has 0 aliphatic carbocycles. The van der Waals surface area contributed by atoms with Crippen LogP contribution in [0.1, 0.15) is 33.9 Å². The Balaban J connectivity index is 2.02. The summed E-state index contributed by atoms with van der Waals surface area (Å²) in [7, 11) is 0. The number of hydrogen-bond donors (Lipinski definition) is 1. The van der Waals surface area contributed by atoms with Gasteiger partial charge in [0.1, 0.15) is 11.5 Å². The van der Waals surface area contributed by atoms with Crippen LogP contribution in [0.3, 0.4) is 0 Å². The molecule has 0 saturated heterocycles. The molecule has 3 aromatic rings. The van der Waals surface area contributed by atoms with Gasteiger partial charge in [-0.1, -0.05) is 29.8 Å². The number of benzene rings is 2. The van der Waals surface area contributed by atoms with Crippen LogP contribution in [0, 0.1) is 13.8 Å². The molecule has 0 saturated carbocycles. The summed E-state index contributed by atoms with van der Waals surface area (Å²) in [5.74, 6) is -0.148. The molecule has 0 fully saturated rings. The van der Waals surface area contributed by atoms with Crippen molar-refractivity contribution in [2.75, 3.05) is 0 Å². The van der Waals surface area contributed by atoms with Crippen LogP contribution in [0.4, 0.5) is 0 Å². The van der Waals surface area contributed by atoms with Crippen molar-refractivity contribution in [1.82, 2.24) is 4.98 Å². The molecule has 26 heavy (non-hydrogen) atoms. The highest BCUT2D eigenvalue weighted by atomic mass is 35.5. The van der Waals surface area contributed by atoms with Crippen molar-refractivity contribution in [3.8, 4) is 5.75 Å². The molecule has 1 atom stereocenters. The van der Waals surface area contributed by atoms with Gasteiger partial charge in [0.25, 0.3) is 0 Å². The van der Waals surface area contributed by atoms with Gasteiger partial charge in [-0.15, -0.1) is 0 Å². The fraction of sp³-hybridized carbons (Fsp3) is 0.182. The third-order valence-electron chi connectivity index (χ3n) is 4.43. The van der Waals surface area contributed by atoms with E-state index >= 15 is 0 Å². The molecule has 4 heteroatoms. The molecule has 0 aliphatic rings.